The maximum Gasteiger partial charge on any atom is 0.217 e. The van der Waals surface area contributed by atoms with Crippen LogP contribution in [0.5, 0.6) is 0 Å². The molecule has 0 radical (unpaired) electrons. The van der Waals surface area contributed by atoms with Crippen LogP contribution in [0.15, 0.2) is 73.1 Å². The fourth-order valence-electron chi connectivity index (χ4n) is 4.14. The third-order valence-corrected chi connectivity index (χ3v) is 6.61. The van der Waals surface area contributed by atoms with Crippen molar-refractivity contribution in [2.24, 2.45) is 0 Å². The summed E-state index contributed by atoms with van der Waals surface area (Å²) in [5.74, 6) is 0. The van der Waals surface area contributed by atoms with Gasteiger partial charge in [0.25, 0.3) is 0 Å². The van der Waals surface area contributed by atoms with Gasteiger partial charge in [0.1, 0.15) is 6.61 Å². The molecule has 7 heteroatoms. The third kappa shape index (κ3) is 12.1. The number of benzene rings is 2. The number of aliphatic hydroxyl groups is 1. The van der Waals surface area contributed by atoms with Crippen molar-refractivity contribution < 1.29 is 26.8 Å². The fourth-order valence-corrected chi connectivity index (χ4v) is 4.46. The number of unbranched alkanes of at least 4 members (excludes halogenated alkanes) is 9. The maximum atomic E-state index is 10.1. The first kappa shape index (κ1) is 29.9. The Morgan fingerprint density at radius 3 is 1.94 bits per heavy atom. The van der Waals surface area contributed by atoms with Gasteiger partial charge in [-0.2, -0.15) is 4.57 Å². The van der Waals surface area contributed by atoms with E-state index >= 15 is 0 Å². The second-order valence-corrected chi connectivity index (χ2v) is 10.1. The Morgan fingerprint density at radius 1 is 0.806 bits per heavy atom. The van der Waals surface area contributed by atoms with Crippen molar-refractivity contribution in [3.63, 3.8) is 0 Å². The molecular formula is C29H41NO5S. The molecule has 0 aliphatic rings. The Balaban J connectivity index is 0.000000256. The molecule has 0 bridgehead atoms. The lowest BCUT2D eigenvalue weighted by molar-refractivity contribution is -0.714. The monoisotopic (exact) mass is 515 g/mol. The summed E-state index contributed by atoms with van der Waals surface area (Å²) in [7, 11) is -4.48. The summed E-state index contributed by atoms with van der Waals surface area (Å²) in [6, 6.07) is 20.4. The van der Waals surface area contributed by atoms with Crippen LogP contribution in [0.25, 0.3) is 10.8 Å². The SMILES string of the molecule is CCCCCCCCCCCCOS(=O)(=O)[O-].OC[C@@H](c1ccccc1)[n+]1ccc2ccccc2c1. The van der Waals surface area contributed by atoms with Crippen LogP contribution >= 0.6 is 0 Å². The third-order valence-electron chi connectivity index (χ3n) is 6.15. The number of aromatic nitrogens is 1. The van der Waals surface area contributed by atoms with E-state index in [1.165, 1.54) is 55.7 Å². The predicted molar refractivity (Wildman–Crippen MR) is 143 cm³/mol. The van der Waals surface area contributed by atoms with Gasteiger partial charge in [0.15, 0.2) is 12.4 Å². The summed E-state index contributed by atoms with van der Waals surface area (Å²) in [4.78, 5) is 0. The van der Waals surface area contributed by atoms with Gasteiger partial charge in [0.2, 0.25) is 16.4 Å². The van der Waals surface area contributed by atoms with Gasteiger partial charge in [-0.05, 0) is 17.9 Å². The highest BCUT2D eigenvalue weighted by Gasteiger charge is 2.19. The molecule has 0 unspecified atom stereocenters. The molecule has 2 aromatic carbocycles. The van der Waals surface area contributed by atoms with Crippen molar-refractivity contribution >= 4 is 21.2 Å². The van der Waals surface area contributed by atoms with Crippen LogP contribution in [-0.2, 0) is 14.6 Å². The molecule has 1 heterocycles. The van der Waals surface area contributed by atoms with Gasteiger partial charge in [-0.25, -0.2) is 8.42 Å². The molecule has 0 saturated heterocycles. The number of hydrogen-bond donors (Lipinski definition) is 1. The Bertz CT molecular complexity index is 1090. The van der Waals surface area contributed by atoms with Gasteiger partial charge < -0.3 is 9.66 Å². The lowest BCUT2D eigenvalue weighted by Gasteiger charge is -2.10. The Hall–Kier alpha value is -2.32. The number of hydrogen-bond acceptors (Lipinski definition) is 5. The molecule has 3 aromatic rings. The minimum atomic E-state index is -4.48. The van der Waals surface area contributed by atoms with Crippen LogP contribution in [0.3, 0.4) is 0 Å². The highest BCUT2D eigenvalue weighted by molar-refractivity contribution is 7.80. The Labute approximate surface area is 216 Å². The quantitative estimate of drug-likeness (QED) is 0.114. The molecule has 1 aromatic heterocycles. The van der Waals surface area contributed by atoms with Crippen molar-refractivity contribution in [2.45, 2.75) is 77.2 Å². The van der Waals surface area contributed by atoms with E-state index in [1.807, 2.05) is 48.7 Å². The molecule has 6 nitrogen and oxygen atoms in total. The van der Waals surface area contributed by atoms with Crippen LogP contribution in [0.2, 0.25) is 0 Å². The van der Waals surface area contributed by atoms with E-state index in [2.05, 4.69) is 40.1 Å². The average Bonchev–Trinajstić information content (AvgIpc) is 2.88. The normalized spacial score (nSPS) is 12.2. The van der Waals surface area contributed by atoms with Crippen LogP contribution in [0, 0.1) is 0 Å². The molecular weight excluding hydrogens is 474 g/mol. The Kier molecular flexibility index (Phi) is 14.3. The molecule has 0 saturated carbocycles. The number of fused-ring (bicyclic) bond motifs is 1. The van der Waals surface area contributed by atoms with Crippen molar-refractivity contribution in [3.8, 4) is 0 Å². The van der Waals surface area contributed by atoms with Crippen molar-refractivity contribution in [2.75, 3.05) is 13.2 Å². The topological polar surface area (TPSA) is 90.5 Å². The van der Waals surface area contributed by atoms with Gasteiger partial charge in [-0.3, -0.25) is 4.18 Å². The van der Waals surface area contributed by atoms with E-state index in [9.17, 15) is 18.1 Å². The second kappa shape index (κ2) is 17.2. The van der Waals surface area contributed by atoms with Gasteiger partial charge in [-0.15, -0.1) is 0 Å². The lowest BCUT2D eigenvalue weighted by Crippen LogP contribution is -2.41. The number of rotatable bonds is 15. The second-order valence-electron chi connectivity index (χ2n) is 9.04. The maximum absolute atomic E-state index is 10.1. The van der Waals surface area contributed by atoms with Gasteiger partial charge in [0.05, 0.1) is 6.61 Å². The largest absolute Gasteiger partial charge is 0.726 e. The summed E-state index contributed by atoms with van der Waals surface area (Å²) >= 11 is 0. The molecule has 0 aliphatic carbocycles. The van der Waals surface area contributed by atoms with E-state index in [0.29, 0.717) is 6.42 Å². The highest BCUT2D eigenvalue weighted by Crippen LogP contribution is 2.15. The molecule has 0 spiro atoms. The number of pyridine rings is 1. The zero-order valence-electron chi connectivity index (χ0n) is 21.4. The zero-order valence-corrected chi connectivity index (χ0v) is 22.2. The van der Waals surface area contributed by atoms with Gasteiger partial charge in [-0.1, -0.05) is 113 Å². The first-order valence-corrected chi connectivity index (χ1v) is 14.4. The average molecular weight is 516 g/mol. The molecule has 0 aliphatic heterocycles. The standard InChI is InChI=1S/C17H16NO.C12H26O4S/c19-13-17(15-7-2-1-3-8-15)18-11-10-14-6-4-5-9-16(14)12-18;1-2-3-4-5-6-7-8-9-10-11-12-16-17(13,14)15/h1-12,17,19H,13H2;2-12H2,1H3,(H,13,14,15)/q+1;/p-1/t17-;/m0./s1. The molecule has 1 N–H and O–H groups in total. The first-order valence-electron chi connectivity index (χ1n) is 13.1. The van der Waals surface area contributed by atoms with Gasteiger partial charge in [0, 0.05) is 17.0 Å². The molecule has 1 atom stereocenters. The van der Waals surface area contributed by atoms with Crippen LogP contribution < -0.4 is 4.57 Å². The number of nitrogens with zero attached hydrogens (tertiary/aromatic N) is 1. The van der Waals surface area contributed by atoms with E-state index in [-0.39, 0.29) is 19.3 Å². The van der Waals surface area contributed by atoms with E-state index in [4.69, 9.17) is 0 Å². The molecule has 198 valence electrons. The summed E-state index contributed by atoms with van der Waals surface area (Å²) < 4.78 is 36.5. The van der Waals surface area contributed by atoms with Gasteiger partial charge >= 0.3 is 0 Å². The van der Waals surface area contributed by atoms with Crippen molar-refractivity contribution in [1.29, 1.82) is 0 Å². The highest BCUT2D eigenvalue weighted by atomic mass is 32.3. The minimum absolute atomic E-state index is 0.0301. The Morgan fingerprint density at radius 2 is 1.36 bits per heavy atom. The van der Waals surface area contributed by atoms with Crippen LogP contribution in [0.4, 0.5) is 0 Å². The smallest absolute Gasteiger partial charge is 0.217 e. The van der Waals surface area contributed by atoms with E-state index < -0.39 is 10.4 Å². The van der Waals surface area contributed by atoms with Crippen LogP contribution in [0.1, 0.15) is 82.7 Å². The van der Waals surface area contributed by atoms with E-state index in [0.717, 1.165) is 18.4 Å². The predicted octanol–water partition coefficient (Wildman–Crippen LogP) is 6.09. The first-order chi connectivity index (χ1) is 17.4. The summed E-state index contributed by atoms with van der Waals surface area (Å²) in [6.45, 7) is 2.33. The minimum Gasteiger partial charge on any atom is -0.726 e. The molecule has 36 heavy (non-hydrogen) atoms. The summed E-state index contributed by atoms with van der Waals surface area (Å²) in [6.07, 6.45) is 15.8. The number of aliphatic hydroxyl groups excluding tert-OH is 1. The lowest BCUT2D eigenvalue weighted by atomic mass is 10.1. The zero-order chi connectivity index (χ0) is 26.1. The molecule has 3 rings (SSSR count). The van der Waals surface area contributed by atoms with Crippen molar-refractivity contribution in [3.05, 3.63) is 78.6 Å². The summed E-state index contributed by atoms with van der Waals surface area (Å²) in [5.41, 5.74) is 1.12. The van der Waals surface area contributed by atoms with Crippen molar-refractivity contribution in [1.82, 2.24) is 0 Å². The fraction of sp³-hybridized carbons (Fsp3) is 0.483. The van der Waals surface area contributed by atoms with Crippen LogP contribution in [-0.4, -0.2) is 31.3 Å². The summed E-state index contributed by atoms with van der Waals surface area (Å²) in [5, 5.41) is 12.1. The van der Waals surface area contributed by atoms with E-state index in [1.54, 1.807) is 0 Å². The molecule has 0 amide bonds. The molecule has 0 fully saturated rings.